The van der Waals surface area contributed by atoms with Crippen molar-refractivity contribution in [3.8, 4) is 22.5 Å². The fraction of sp³-hybridized carbons (Fsp3) is 0.621. The smallest absolute Gasteiger partial charge is 0.410 e. The Hall–Kier alpha value is -7.18. The van der Waals surface area contributed by atoms with Crippen LogP contribution in [0.1, 0.15) is 93.9 Å². The third-order valence-corrected chi connectivity index (χ3v) is 19.3. The predicted octanol–water partition coefficient (Wildman–Crippen LogP) is 3.94. The molecule has 0 radical (unpaired) electrons. The molecule has 0 aliphatic carbocycles. The summed E-state index contributed by atoms with van der Waals surface area (Å²) in [5.41, 5.74) is 0.296. The number of likely N-dealkylation sites (N-methyl/N-ethyl adjacent to an activating group) is 2. The van der Waals surface area contributed by atoms with Gasteiger partial charge in [-0.25, -0.2) is 35.2 Å². The lowest BCUT2D eigenvalue weighted by atomic mass is 9.97. The summed E-state index contributed by atoms with van der Waals surface area (Å²) >= 11 is 0. The number of amides is 6. The van der Waals surface area contributed by atoms with Gasteiger partial charge in [-0.1, -0.05) is 23.3 Å². The average molecular weight is 1270 g/mol. The van der Waals surface area contributed by atoms with E-state index in [1.807, 2.05) is 0 Å². The van der Waals surface area contributed by atoms with Crippen LogP contribution in [0.2, 0.25) is 0 Å². The lowest BCUT2D eigenvalue weighted by molar-refractivity contribution is -0.139. The first-order valence-corrected chi connectivity index (χ1v) is 33.2. The number of hydrogen-bond donors (Lipinski definition) is 2. The quantitative estimate of drug-likeness (QED) is 0.112. The molecule has 2 aromatic heterocycles. The minimum Gasteiger partial charge on any atom is -0.444 e. The second-order valence-corrected chi connectivity index (χ2v) is 29.4. The first-order chi connectivity index (χ1) is 41.1. The number of hydrogen-bond acceptors (Lipinski definition) is 16. The predicted molar refractivity (Wildman–Crippen MR) is 318 cm³/mol. The van der Waals surface area contributed by atoms with Crippen LogP contribution in [0.4, 0.5) is 18.4 Å². The van der Waals surface area contributed by atoms with Gasteiger partial charge in [0.25, 0.3) is 0 Å². The second-order valence-electron chi connectivity index (χ2n) is 25.5. The molecular weight excluding hydrogens is 1190 g/mol. The summed E-state index contributed by atoms with van der Waals surface area (Å²) in [4.78, 5) is 91.2. The molecule has 4 aliphatic rings. The van der Waals surface area contributed by atoms with Crippen molar-refractivity contribution in [2.75, 3.05) is 52.8 Å². The summed E-state index contributed by atoms with van der Waals surface area (Å²) in [7, 11) is -4.82. The molecule has 4 aliphatic heterocycles. The highest BCUT2D eigenvalue weighted by atomic mass is 32.2. The number of fused-ring (bicyclic) bond motifs is 2. The van der Waals surface area contributed by atoms with Crippen molar-refractivity contribution in [1.82, 2.24) is 68.8 Å². The van der Waals surface area contributed by atoms with Crippen LogP contribution in [0.15, 0.2) is 60.9 Å². The second kappa shape index (κ2) is 26.5. The molecule has 2 unspecified atom stereocenters. The van der Waals surface area contributed by atoms with E-state index in [4.69, 9.17) is 9.47 Å². The summed E-state index contributed by atoms with van der Waals surface area (Å²) in [5.74, 6) is -4.34. The molecule has 30 heteroatoms. The Labute approximate surface area is 512 Å². The molecule has 10 atom stereocenters. The molecule has 0 saturated carbocycles. The Balaban J connectivity index is 1.06. The van der Waals surface area contributed by atoms with Crippen molar-refractivity contribution in [1.29, 1.82) is 0 Å². The fourth-order valence-corrected chi connectivity index (χ4v) is 14.6. The maximum absolute atomic E-state index is 15.3. The molecule has 4 fully saturated rings. The Morgan fingerprint density at radius 1 is 0.602 bits per heavy atom. The molecule has 26 nitrogen and oxygen atoms in total. The number of aromatic nitrogens is 6. The first-order valence-electron chi connectivity index (χ1n) is 29.5. The van der Waals surface area contributed by atoms with E-state index < -0.39 is 139 Å². The molecule has 88 heavy (non-hydrogen) atoms. The molecule has 4 aromatic rings. The van der Waals surface area contributed by atoms with E-state index in [2.05, 4.69) is 31.3 Å². The third kappa shape index (κ3) is 15.8. The van der Waals surface area contributed by atoms with Gasteiger partial charge in [0.1, 0.15) is 58.4 Å². The molecule has 6 amide bonds. The van der Waals surface area contributed by atoms with Crippen molar-refractivity contribution in [2.24, 2.45) is 11.8 Å². The zero-order valence-electron chi connectivity index (χ0n) is 51.9. The van der Waals surface area contributed by atoms with E-state index >= 15 is 9.59 Å². The Morgan fingerprint density at radius 2 is 0.943 bits per heavy atom. The van der Waals surface area contributed by atoms with Gasteiger partial charge in [-0.3, -0.25) is 38.3 Å². The van der Waals surface area contributed by atoms with Crippen LogP contribution in [0.25, 0.3) is 22.5 Å². The number of rotatable bonds is 21. The summed E-state index contributed by atoms with van der Waals surface area (Å²) in [6.45, 7) is 13.6. The van der Waals surface area contributed by atoms with Gasteiger partial charge in [0.15, 0.2) is 0 Å². The number of carbonyl (C=O) groups excluding carboxylic acids is 6. The van der Waals surface area contributed by atoms with Crippen molar-refractivity contribution in [3.05, 3.63) is 72.6 Å². The van der Waals surface area contributed by atoms with Crippen molar-refractivity contribution < 1.29 is 63.9 Å². The van der Waals surface area contributed by atoms with Crippen molar-refractivity contribution >= 4 is 55.9 Å². The summed E-state index contributed by atoms with van der Waals surface area (Å²) in [6, 6.07) is 3.92. The monoisotopic (exact) mass is 1270 g/mol. The molecule has 0 spiro atoms. The SMILES string of the molecule is C[C@@H](C(=O)NC(CCCCC(NC(=O)[C@H](C)N(C)C(=O)OC(C)(C)C)C(=O)N1CC[C@@H]2[C@H]1[C@@H](Cn1cc(-c3ccc(F)cc3)nn1)CN2S(C)(=O)=O)C(=O)N1CC[C@@H]2[C@H]1[C@@H](Cn1cc(-c3ccc(F)cc3)nn1)CN2S(C)(=O)=O)N(C)C(=O)OC(C)(C)C. The highest BCUT2D eigenvalue weighted by Crippen LogP contribution is 2.40. The van der Waals surface area contributed by atoms with Gasteiger partial charge >= 0.3 is 12.2 Å². The lowest BCUT2D eigenvalue weighted by Crippen LogP contribution is -2.56. The van der Waals surface area contributed by atoms with E-state index in [0.29, 0.717) is 22.5 Å². The fourth-order valence-electron chi connectivity index (χ4n) is 12.2. The zero-order chi connectivity index (χ0) is 64.5. The molecule has 482 valence electrons. The van der Waals surface area contributed by atoms with Gasteiger partial charge in [0.2, 0.25) is 43.7 Å². The number of benzene rings is 2. The van der Waals surface area contributed by atoms with Crippen LogP contribution in [0.5, 0.6) is 0 Å². The van der Waals surface area contributed by atoms with Gasteiger partial charge in [-0.15, -0.1) is 10.2 Å². The van der Waals surface area contributed by atoms with E-state index in [0.717, 1.165) is 22.3 Å². The number of nitrogens with one attached hydrogen (secondary N) is 2. The van der Waals surface area contributed by atoms with Gasteiger partial charge in [-0.05, 0) is 130 Å². The average Bonchev–Trinajstić information content (AvgIpc) is 1.85. The Bertz CT molecular complexity index is 3210. The van der Waals surface area contributed by atoms with Gasteiger partial charge < -0.3 is 29.9 Å². The van der Waals surface area contributed by atoms with E-state index in [1.54, 1.807) is 97.4 Å². The normalized spacial score (nSPS) is 22.1. The maximum atomic E-state index is 15.3. The zero-order valence-corrected chi connectivity index (χ0v) is 53.5. The Morgan fingerprint density at radius 3 is 1.26 bits per heavy atom. The van der Waals surface area contributed by atoms with Crippen LogP contribution in [-0.4, -0.2) is 223 Å². The van der Waals surface area contributed by atoms with Crippen LogP contribution in [-0.2, 0) is 61.8 Å². The van der Waals surface area contributed by atoms with Crippen LogP contribution < -0.4 is 10.6 Å². The molecule has 4 saturated heterocycles. The topological polar surface area (TPSA) is 294 Å². The minimum absolute atomic E-state index is 0.0316. The van der Waals surface area contributed by atoms with E-state index in [-0.39, 0.29) is 77.8 Å². The molecule has 8 rings (SSSR count). The van der Waals surface area contributed by atoms with Gasteiger partial charge in [0, 0.05) is 88.4 Å². The highest BCUT2D eigenvalue weighted by Gasteiger charge is 2.55. The van der Waals surface area contributed by atoms with E-state index in [9.17, 15) is 44.8 Å². The summed E-state index contributed by atoms with van der Waals surface area (Å²) < 4.78 is 98.2. The van der Waals surface area contributed by atoms with Gasteiger partial charge in [0.05, 0.1) is 37.0 Å². The number of sulfonamides is 2. The standard InChI is InChI=1S/C58H82F2N14O12S2/c1-35(67(9)55(79)85-57(3,4)5)51(75)61-43(53(77)71-27-25-47-49(71)39(31-73(47)87(11,81)82)29-69-33-45(63-65-69)37-17-21-41(59)22-18-37)15-13-14-16-44(62-52(76)36(2)68(10)56(80)86-58(6,7)8)54(78)72-28-26-48-50(72)40(32-74(48)88(12,83)84)30-70-34-46(64-66-70)38-19-23-42(60)24-20-38/h17-24,33-36,39-40,43-44,47-50H,13-16,25-32H2,1-12H3,(H,61,75)(H,62,76)/t35-,36-,39-,40-,43?,44?,47+,48+,49+,50+/m0/s1. The number of nitrogens with zero attached hydrogens (tertiary/aromatic N) is 12. The first kappa shape index (κ1) is 66.8. The summed E-state index contributed by atoms with van der Waals surface area (Å²) in [6.07, 6.45) is 4.75. The lowest BCUT2D eigenvalue weighted by Gasteiger charge is -2.34. The summed E-state index contributed by atoms with van der Waals surface area (Å²) in [5, 5.41) is 22.9. The number of unbranched alkanes of at least 4 members (excludes halogenated alkanes) is 1. The minimum atomic E-state index is -3.80. The van der Waals surface area contributed by atoms with Crippen molar-refractivity contribution in [3.63, 3.8) is 0 Å². The van der Waals surface area contributed by atoms with Crippen LogP contribution in [0.3, 0.4) is 0 Å². The number of carbonyl (C=O) groups is 6. The van der Waals surface area contributed by atoms with E-state index in [1.165, 1.54) is 60.8 Å². The molecule has 6 heterocycles. The van der Waals surface area contributed by atoms with Crippen LogP contribution >= 0.6 is 0 Å². The van der Waals surface area contributed by atoms with Crippen molar-refractivity contribution in [2.45, 2.75) is 167 Å². The molecule has 2 aromatic carbocycles. The highest BCUT2D eigenvalue weighted by molar-refractivity contribution is 7.88. The molecular formula is C58H82F2N14O12S2. The largest absolute Gasteiger partial charge is 0.444 e. The van der Waals surface area contributed by atoms with Gasteiger partial charge in [-0.2, -0.15) is 8.61 Å². The molecule has 2 N–H and O–H groups in total. The maximum Gasteiger partial charge on any atom is 0.410 e. The number of halogens is 2. The number of ether oxygens (including phenoxy) is 2. The third-order valence-electron chi connectivity index (χ3n) is 16.7. The number of likely N-dealkylation sites (tertiary alicyclic amines) is 2. The molecule has 0 bridgehead atoms. The van der Waals surface area contributed by atoms with Crippen LogP contribution in [0, 0.1) is 23.5 Å². The Kier molecular flexibility index (Phi) is 20.1.